The normalized spacial score (nSPS) is 20.3. The molecule has 0 saturated carbocycles. The second-order valence-electron chi connectivity index (χ2n) is 7.17. The van der Waals surface area contributed by atoms with E-state index in [2.05, 4.69) is 4.74 Å². The third kappa shape index (κ3) is 4.72. The molecule has 1 heterocycles. The molecule has 0 aromatic heterocycles. The fourth-order valence-electron chi connectivity index (χ4n) is 3.70. The molecular weight excluding hydrogens is 380 g/mol. The lowest BCUT2D eigenvalue weighted by Crippen LogP contribution is -2.49. The van der Waals surface area contributed by atoms with Gasteiger partial charge in [-0.1, -0.05) is 42.5 Å². The molecule has 0 spiro atoms. The van der Waals surface area contributed by atoms with E-state index < -0.39 is 18.3 Å². The lowest BCUT2D eigenvalue weighted by Gasteiger charge is -2.43. The van der Waals surface area contributed by atoms with Crippen LogP contribution in [-0.4, -0.2) is 29.9 Å². The molecule has 0 bridgehead atoms. The van der Waals surface area contributed by atoms with Gasteiger partial charge in [-0.05, 0) is 37.1 Å². The van der Waals surface area contributed by atoms with Crippen LogP contribution in [0.1, 0.15) is 43.9 Å². The topological polar surface area (TPSA) is 55.8 Å². The maximum Gasteiger partial charge on any atom is 0.411 e. The van der Waals surface area contributed by atoms with Crippen LogP contribution in [0.4, 0.5) is 13.6 Å². The van der Waals surface area contributed by atoms with Crippen LogP contribution in [-0.2, 0) is 15.1 Å². The Balaban J connectivity index is 1.77. The van der Waals surface area contributed by atoms with E-state index in [1.165, 1.54) is 19.1 Å². The van der Waals surface area contributed by atoms with Crippen LogP contribution in [0.3, 0.4) is 0 Å². The number of amides is 1. The largest absolute Gasteiger partial charge is 0.437 e. The van der Waals surface area contributed by atoms with E-state index in [0.717, 1.165) is 11.1 Å². The van der Waals surface area contributed by atoms with Gasteiger partial charge in [-0.2, -0.15) is 8.78 Å². The Morgan fingerprint density at radius 2 is 1.83 bits per heavy atom. The van der Waals surface area contributed by atoms with E-state index in [1.54, 1.807) is 17.0 Å². The monoisotopic (exact) mass is 403 g/mol. The molecule has 2 aromatic carbocycles. The molecule has 1 aliphatic heterocycles. The van der Waals surface area contributed by atoms with E-state index in [1.807, 2.05) is 37.3 Å². The molecule has 0 N–H and O–H groups in total. The Hall–Kier alpha value is -2.96. The van der Waals surface area contributed by atoms with Crippen LogP contribution in [0.5, 0.6) is 5.75 Å². The smallest absolute Gasteiger partial charge is 0.411 e. The molecule has 0 aliphatic carbocycles. The fraction of sp³-hybridized carbons (Fsp3) is 0.364. The number of carbonyl (C=O) groups is 2. The molecule has 7 heteroatoms. The highest BCUT2D eigenvalue weighted by atomic mass is 19.3. The van der Waals surface area contributed by atoms with Gasteiger partial charge in [-0.15, -0.1) is 0 Å². The zero-order chi connectivity index (χ0) is 21.0. The van der Waals surface area contributed by atoms with Gasteiger partial charge < -0.3 is 14.4 Å². The number of rotatable bonds is 7. The molecule has 1 fully saturated rings. The fourth-order valence-corrected chi connectivity index (χ4v) is 3.70. The molecule has 3 rings (SSSR count). The summed E-state index contributed by atoms with van der Waals surface area (Å²) in [7, 11) is 0. The molecular formula is C22H23F2NO4. The Labute approximate surface area is 168 Å². The number of cyclic esters (lactones) is 1. The first-order valence-electron chi connectivity index (χ1n) is 9.40. The van der Waals surface area contributed by atoms with Crippen molar-refractivity contribution in [3.05, 3.63) is 65.7 Å². The number of benzene rings is 2. The van der Waals surface area contributed by atoms with Gasteiger partial charge in [0.15, 0.2) is 0 Å². The van der Waals surface area contributed by atoms with Crippen LogP contribution in [0.25, 0.3) is 0 Å². The predicted molar refractivity (Wildman–Crippen MR) is 103 cm³/mol. The standard InChI is InChI=1S/C22H23F2NO4/c1-15(26)14-22(18-6-4-3-5-7-18)12-13-25(21(27)29-22)16(2)17-8-10-19(11-9-17)28-20(23)24/h3-11,16,20H,12-14H2,1-2H3/t16-,22?/m0/s1. The van der Waals surface area contributed by atoms with Crippen LogP contribution in [0.15, 0.2) is 54.6 Å². The summed E-state index contributed by atoms with van der Waals surface area (Å²) in [5.41, 5.74) is 0.585. The Morgan fingerprint density at radius 3 is 2.38 bits per heavy atom. The molecule has 2 aromatic rings. The third-order valence-electron chi connectivity index (χ3n) is 5.16. The number of alkyl halides is 2. The molecule has 0 radical (unpaired) electrons. The molecule has 154 valence electrons. The van der Waals surface area contributed by atoms with E-state index in [-0.39, 0.29) is 24.0 Å². The van der Waals surface area contributed by atoms with Crippen molar-refractivity contribution in [2.45, 2.75) is 44.9 Å². The molecule has 5 nitrogen and oxygen atoms in total. The Morgan fingerprint density at radius 1 is 1.17 bits per heavy atom. The number of Topliss-reactive ketones (excluding diaryl/α,β-unsaturated/α-hetero) is 1. The summed E-state index contributed by atoms with van der Waals surface area (Å²) in [6.45, 7) is 0.835. The number of ketones is 1. The van der Waals surface area contributed by atoms with Crippen molar-refractivity contribution in [2.75, 3.05) is 6.54 Å². The quantitative estimate of drug-likeness (QED) is 0.648. The molecule has 1 unspecified atom stereocenters. The minimum atomic E-state index is -2.89. The zero-order valence-electron chi connectivity index (χ0n) is 16.3. The summed E-state index contributed by atoms with van der Waals surface area (Å²) >= 11 is 0. The minimum absolute atomic E-state index is 0.0572. The van der Waals surface area contributed by atoms with Crippen molar-refractivity contribution in [3.63, 3.8) is 0 Å². The number of ether oxygens (including phenoxy) is 2. The van der Waals surface area contributed by atoms with Gasteiger partial charge in [0, 0.05) is 13.0 Å². The number of hydrogen-bond acceptors (Lipinski definition) is 4. The first kappa shape index (κ1) is 20.8. The second-order valence-corrected chi connectivity index (χ2v) is 7.17. The highest BCUT2D eigenvalue weighted by Gasteiger charge is 2.44. The summed E-state index contributed by atoms with van der Waals surface area (Å²) in [5.74, 6) is -0.000469. The van der Waals surface area contributed by atoms with E-state index >= 15 is 0 Å². The van der Waals surface area contributed by atoms with Crippen molar-refractivity contribution < 1.29 is 27.8 Å². The first-order valence-corrected chi connectivity index (χ1v) is 9.40. The van der Waals surface area contributed by atoms with Crippen LogP contribution >= 0.6 is 0 Å². The Kier molecular flexibility index (Phi) is 6.15. The minimum Gasteiger partial charge on any atom is -0.437 e. The van der Waals surface area contributed by atoms with Crippen molar-refractivity contribution in [3.8, 4) is 5.75 Å². The van der Waals surface area contributed by atoms with E-state index in [4.69, 9.17) is 4.74 Å². The molecule has 29 heavy (non-hydrogen) atoms. The summed E-state index contributed by atoms with van der Waals surface area (Å²) in [5, 5.41) is 0. The average Bonchev–Trinajstić information content (AvgIpc) is 2.68. The lowest BCUT2D eigenvalue weighted by molar-refractivity contribution is -0.126. The summed E-state index contributed by atoms with van der Waals surface area (Å²) in [6.07, 6.45) is 0.0749. The lowest BCUT2D eigenvalue weighted by atomic mass is 9.84. The molecule has 1 saturated heterocycles. The van der Waals surface area contributed by atoms with Gasteiger partial charge in [-0.3, -0.25) is 4.79 Å². The maximum absolute atomic E-state index is 12.9. The number of hydrogen-bond donors (Lipinski definition) is 0. The van der Waals surface area contributed by atoms with Gasteiger partial charge >= 0.3 is 12.7 Å². The van der Waals surface area contributed by atoms with Gasteiger partial charge in [0.25, 0.3) is 0 Å². The highest BCUT2D eigenvalue weighted by Crippen LogP contribution is 2.39. The predicted octanol–water partition coefficient (Wildman–Crippen LogP) is 5.07. The van der Waals surface area contributed by atoms with Crippen molar-refractivity contribution >= 4 is 11.9 Å². The SMILES string of the molecule is CC(=O)CC1(c2ccccc2)CCN([C@@H](C)c2ccc(OC(F)F)cc2)C(=O)O1. The van der Waals surface area contributed by atoms with Crippen molar-refractivity contribution in [2.24, 2.45) is 0 Å². The van der Waals surface area contributed by atoms with Gasteiger partial charge in [-0.25, -0.2) is 4.79 Å². The van der Waals surface area contributed by atoms with Crippen LogP contribution < -0.4 is 4.74 Å². The van der Waals surface area contributed by atoms with Gasteiger partial charge in [0.2, 0.25) is 0 Å². The molecule has 2 atom stereocenters. The molecule has 1 amide bonds. The average molecular weight is 403 g/mol. The number of halogens is 2. The number of nitrogens with zero attached hydrogens (tertiary/aromatic N) is 1. The second kappa shape index (κ2) is 8.59. The third-order valence-corrected chi connectivity index (χ3v) is 5.16. The van der Waals surface area contributed by atoms with Crippen molar-refractivity contribution in [1.29, 1.82) is 0 Å². The van der Waals surface area contributed by atoms with Gasteiger partial charge in [0.1, 0.15) is 17.1 Å². The summed E-state index contributed by atoms with van der Waals surface area (Å²) < 4.78 is 34.8. The van der Waals surface area contributed by atoms with E-state index in [9.17, 15) is 18.4 Å². The molecule has 1 aliphatic rings. The van der Waals surface area contributed by atoms with Crippen molar-refractivity contribution in [1.82, 2.24) is 4.90 Å². The maximum atomic E-state index is 12.9. The summed E-state index contributed by atoms with van der Waals surface area (Å²) in [6, 6.07) is 15.1. The first-order chi connectivity index (χ1) is 13.8. The summed E-state index contributed by atoms with van der Waals surface area (Å²) in [4.78, 5) is 26.3. The zero-order valence-corrected chi connectivity index (χ0v) is 16.3. The number of carbonyl (C=O) groups excluding carboxylic acids is 2. The highest BCUT2D eigenvalue weighted by molar-refractivity contribution is 5.78. The van der Waals surface area contributed by atoms with E-state index in [0.29, 0.717) is 13.0 Å². The van der Waals surface area contributed by atoms with Crippen LogP contribution in [0, 0.1) is 0 Å². The Bertz CT molecular complexity index is 857. The van der Waals surface area contributed by atoms with Gasteiger partial charge in [0.05, 0.1) is 12.5 Å². The van der Waals surface area contributed by atoms with Crippen LogP contribution in [0.2, 0.25) is 0 Å².